The van der Waals surface area contributed by atoms with E-state index < -0.39 is 0 Å². The van der Waals surface area contributed by atoms with E-state index in [1.54, 1.807) is 0 Å². The van der Waals surface area contributed by atoms with E-state index in [9.17, 15) is 5.11 Å². The van der Waals surface area contributed by atoms with Crippen molar-refractivity contribution in [1.82, 2.24) is 5.32 Å². The molecule has 3 heteroatoms. The minimum Gasteiger partial charge on any atom is -0.487 e. The Kier molecular flexibility index (Phi) is 3.74. The van der Waals surface area contributed by atoms with E-state index in [1.807, 2.05) is 0 Å². The summed E-state index contributed by atoms with van der Waals surface area (Å²) in [6, 6.07) is 6.98. The average Bonchev–Trinajstić information content (AvgIpc) is 2.97. The minimum absolute atomic E-state index is 0.0676. The topological polar surface area (TPSA) is 41.5 Å². The molecule has 3 rings (SSSR count). The van der Waals surface area contributed by atoms with Gasteiger partial charge in [-0.05, 0) is 49.8 Å². The van der Waals surface area contributed by atoms with Gasteiger partial charge in [-0.2, -0.15) is 0 Å². The van der Waals surface area contributed by atoms with Crippen molar-refractivity contribution in [1.29, 1.82) is 0 Å². The second-order valence-electron chi connectivity index (χ2n) is 6.84. The summed E-state index contributed by atoms with van der Waals surface area (Å²) in [6.07, 6.45) is 4.56. The molecule has 1 aromatic carbocycles. The number of ether oxygens (including phenoxy) is 1. The largest absolute Gasteiger partial charge is 0.487 e. The molecule has 0 radical (unpaired) electrons. The van der Waals surface area contributed by atoms with Gasteiger partial charge in [0.1, 0.15) is 11.4 Å². The normalized spacial score (nSPS) is 27.4. The molecule has 1 fully saturated rings. The van der Waals surface area contributed by atoms with Crippen LogP contribution < -0.4 is 10.1 Å². The first-order chi connectivity index (χ1) is 9.57. The van der Waals surface area contributed by atoms with Crippen molar-refractivity contribution in [3.8, 4) is 5.75 Å². The van der Waals surface area contributed by atoms with Crippen LogP contribution in [-0.2, 0) is 13.0 Å². The van der Waals surface area contributed by atoms with Crippen LogP contribution >= 0.6 is 0 Å². The Balaban J connectivity index is 1.62. The molecule has 0 saturated heterocycles. The van der Waals surface area contributed by atoms with Gasteiger partial charge in [0.15, 0.2) is 0 Å². The number of aliphatic hydroxyl groups is 1. The monoisotopic (exact) mass is 275 g/mol. The maximum atomic E-state index is 9.36. The van der Waals surface area contributed by atoms with Crippen LogP contribution in [0.25, 0.3) is 0 Å². The van der Waals surface area contributed by atoms with Crippen LogP contribution in [0.5, 0.6) is 5.75 Å². The first kappa shape index (κ1) is 13.9. The van der Waals surface area contributed by atoms with Gasteiger partial charge >= 0.3 is 0 Å². The number of fused-ring (bicyclic) bond motifs is 1. The van der Waals surface area contributed by atoms with Gasteiger partial charge in [-0.15, -0.1) is 0 Å². The molecule has 0 spiro atoms. The summed E-state index contributed by atoms with van der Waals surface area (Å²) >= 11 is 0. The zero-order valence-electron chi connectivity index (χ0n) is 12.5. The van der Waals surface area contributed by atoms with Crippen molar-refractivity contribution in [3.63, 3.8) is 0 Å². The summed E-state index contributed by atoms with van der Waals surface area (Å²) in [5.74, 6) is 1.47. The summed E-state index contributed by atoms with van der Waals surface area (Å²) in [7, 11) is 0. The van der Waals surface area contributed by atoms with Gasteiger partial charge in [0.05, 0.1) is 0 Å². The minimum atomic E-state index is -0.0676. The van der Waals surface area contributed by atoms with Crippen LogP contribution in [0.2, 0.25) is 0 Å². The predicted octanol–water partition coefficient (Wildman–Crippen LogP) is 2.65. The summed E-state index contributed by atoms with van der Waals surface area (Å²) < 4.78 is 5.91. The molecule has 2 N–H and O–H groups in total. The smallest absolute Gasteiger partial charge is 0.123 e. The van der Waals surface area contributed by atoms with Crippen LogP contribution in [0.4, 0.5) is 0 Å². The van der Waals surface area contributed by atoms with Crippen molar-refractivity contribution in [2.45, 2.75) is 57.7 Å². The van der Waals surface area contributed by atoms with E-state index >= 15 is 0 Å². The molecular formula is C17H25NO2. The Hall–Kier alpha value is -1.06. The van der Waals surface area contributed by atoms with Crippen molar-refractivity contribution in [3.05, 3.63) is 29.3 Å². The summed E-state index contributed by atoms with van der Waals surface area (Å²) in [5, 5.41) is 13.0. The zero-order valence-corrected chi connectivity index (χ0v) is 12.5. The number of nitrogens with one attached hydrogen (secondary N) is 1. The predicted molar refractivity (Wildman–Crippen MR) is 79.9 cm³/mol. The molecule has 0 bridgehead atoms. The molecule has 1 aliphatic heterocycles. The Bertz CT molecular complexity index is 484. The lowest BCUT2D eigenvalue weighted by Gasteiger charge is -2.19. The molecule has 0 aromatic heterocycles. The van der Waals surface area contributed by atoms with E-state index in [-0.39, 0.29) is 5.60 Å². The van der Waals surface area contributed by atoms with Crippen LogP contribution in [0.15, 0.2) is 18.2 Å². The standard InChI is InChI=1S/C17H25NO2/c1-17(2)9-14-8-12(6-7-16(14)20-17)10-18-15-5-3-4-13(15)11-19/h6-8,13,15,18-19H,3-5,9-11H2,1-2H3. The lowest BCUT2D eigenvalue weighted by Crippen LogP contribution is -2.33. The highest BCUT2D eigenvalue weighted by atomic mass is 16.5. The third-order valence-electron chi connectivity index (χ3n) is 4.59. The Morgan fingerprint density at radius 1 is 1.35 bits per heavy atom. The number of rotatable bonds is 4. The lowest BCUT2D eigenvalue weighted by molar-refractivity contribution is 0.138. The molecule has 2 unspecified atom stereocenters. The molecule has 2 atom stereocenters. The Morgan fingerprint density at radius 3 is 3.00 bits per heavy atom. The highest BCUT2D eigenvalue weighted by molar-refractivity contribution is 5.41. The fraction of sp³-hybridized carbons (Fsp3) is 0.647. The molecular weight excluding hydrogens is 250 g/mol. The summed E-state index contributed by atoms with van der Waals surface area (Å²) in [5.41, 5.74) is 2.56. The third-order valence-corrected chi connectivity index (χ3v) is 4.59. The third kappa shape index (κ3) is 2.84. The van der Waals surface area contributed by atoms with Gasteiger partial charge < -0.3 is 15.2 Å². The van der Waals surface area contributed by atoms with Gasteiger partial charge in [-0.3, -0.25) is 0 Å². The van der Waals surface area contributed by atoms with Crippen LogP contribution in [0.3, 0.4) is 0 Å². The van der Waals surface area contributed by atoms with Gasteiger partial charge in [-0.1, -0.05) is 18.6 Å². The van der Waals surface area contributed by atoms with E-state index in [0.717, 1.165) is 25.1 Å². The Labute approximate surface area is 121 Å². The number of hydrogen-bond acceptors (Lipinski definition) is 3. The Morgan fingerprint density at radius 2 is 2.20 bits per heavy atom. The lowest BCUT2D eigenvalue weighted by atomic mass is 10.00. The zero-order chi connectivity index (χ0) is 14.2. The second kappa shape index (κ2) is 5.38. The van der Waals surface area contributed by atoms with Gasteiger partial charge in [-0.25, -0.2) is 0 Å². The first-order valence-electron chi connectivity index (χ1n) is 7.72. The number of aliphatic hydroxyl groups excluding tert-OH is 1. The highest BCUT2D eigenvalue weighted by Crippen LogP contribution is 2.35. The van der Waals surface area contributed by atoms with Crippen LogP contribution in [0, 0.1) is 5.92 Å². The van der Waals surface area contributed by atoms with Gasteiger partial charge in [0, 0.05) is 25.6 Å². The van der Waals surface area contributed by atoms with Gasteiger partial charge in [0.25, 0.3) is 0 Å². The highest BCUT2D eigenvalue weighted by Gasteiger charge is 2.30. The van der Waals surface area contributed by atoms with Crippen molar-refractivity contribution < 1.29 is 9.84 Å². The van der Waals surface area contributed by atoms with E-state index in [4.69, 9.17) is 4.74 Å². The average molecular weight is 275 g/mol. The maximum Gasteiger partial charge on any atom is 0.123 e. The molecule has 1 heterocycles. The fourth-order valence-electron chi connectivity index (χ4n) is 3.55. The molecule has 2 aliphatic rings. The second-order valence-corrected chi connectivity index (χ2v) is 6.84. The number of benzene rings is 1. The van der Waals surface area contributed by atoms with Crippen molar-refractivity contribution >= 4 is 0 Å². The van der Waals surface area contributed by atoms with Crippen LogP contribution in [0.1, 0.15) is 44.2 Å². The molecule has 1 aromatic rings. The number of hydrogen-bond donors (Lipinski definition) is 2. The van der Waals surface area contributed by atoms with E-state index in [1.165, 1.54) is 24.0 Å². The quantitative estimate of drug-likeness (QED) is 0.887. The maximum absolute atomic E-state index is 9.36. The van der Waals surface area contributed by atoms with Gasteiger partial charge in [0.2, 0.25) is 0 Å². The summed E-state index contributed by atoms with van der Waals surface area (Å²) in [6.45, 7) is 5.46. The molecule has 110 valence electrons. The molecule has 20 heavy (non-hydrogen) atoms. The van der Waals surface area contributed by atoms with Crippen molar-refractivity contribution in [2.24, 2.45) is 5.92 Å². The molecule has 1 saturated carbocycles. The molecule has 3 nitrogen and oxygen atoms in total. The van der Waals surface area contributed by atoms with Crippen molar-refractivity contribution in [2.75, 3.05) is 6.61 Å². The summed E-state index contributed by atoms with van der Waals surface area (Å²) in [4.78, 5) is 0. The first-order valence-corrected chi connectivity index (χ1v) is 7.72. The molecule has 1 aliphatic carbocycles. The SMILES string of the molecule is CC1(C)Cc2cc(CNC3CCCC3CO)ccc2O1. The van der Waals surface area contributed by atoms with Crippen LogP contribution in [-0.4, -0.2) is 23.4 Å². The van der Waals surface area contributed by atoms with E-state index in [2.05, 4.69) is 37.4 Å². The fourth-order valence-corrected chi connectivity index (χ4v) is 3.55. The van der Waals surface area contributed by atoms with E-state index in [0.29, 0.717) is 18.6 Å². The molecule has 0 amide bonds.